The minimum absolute atomic E-state index is 0.652. The molecule has 0 fully saturated rings. The lowest BCUT2D eigenvalue weighted by atomic mass is 10.1. The molecule has 0 aromatic heterocycles. The van der Waals surface area contributed by atoms with Crippen LogP contribution in [0.5, 0.6) is 5.75 Å². The maximum atomic E-state index is 5.63. The molecule has 0 aliphatic heterocycles. The summed E-state index contributed by atoms with van der Waals surface area (Å²) in [6.45, 7) is 10.1. The molecular weight excluding hydrogens is 220 g/mol. The Hall–Kier alpha value is -1.76. The number of hydrogen-bond donors (Lipinski definition) is 0. The zero-order chi connectivity index (χ0) is 13.4. The molecule has 0 saturated carbocycles. The van der Waals surface area contributed by atoms with E-state index in [0.29, 0.717) is 5.76 Å². The van der Waals surface area contributed by atoms with Gasteiger partial charge >= 0.3 is 0 Å². The monoisotopic (exact) mass is 242 g/mol. The molecule has 96 valence electrons. The van der Waals surface area contributed by atoms with Crippen molar-refractivity contribution in [1.82, 2.24) is 0 Å². The molecule has 0 N–H and O–H groups in total. The zero-order valence-electron chi connectivity index (χ0n) is 11.6. The first-order chi connectivity index (χ1) is 8.65. The summed E-state index contributed by atoms with van der Waals surface area (Å²) < 4.78 is 5.63. The largest absolute Gasteiger partial charge is 0.458 e. The second-order valence-electron chi connectivity index (χ2n) is 4.33. The van der Waals surface area contributed by atoms with Crippen LogP contribution in [0, 0.1) is 0 Å². The highest BCUT2D eigenvalue weighted by Gasteiger charge is 1.96. The number of ether oxygens (including phenoxy) is 1. The summed E-state index contributed by atoms with van der Waals surface area (Å²) in [5.41, 5.74) is 2.54. The Labute approximate surface area is 110 Å². The van der Waals surface area contributed by atoms with Crippen molar-refractivity contribution in [3.63, 3.8) is 0 Å². The molecule has 1 nitrogen and oxygen atoms in total. The molecule has 0 heterocycles. The van der Waals surface area contributed by atoms with E-state index in [1.807, 2.05) is 44.2 Å². The summed E-state index contributed by atoms with van der Waals surface area (Å²) in [5, 5.41) is 0. The van der Waals surface area contributed by atoms with Gasteiger partial charge in [-0.15, -0.1) is 0 Å². The maximum absolute atomic E-state index is 5.63. The van der Waals surface area contributed by atoms with Gasteiger partial charge in [0, 0.05) is 0 Å². The Morgan fingerprint density at radius 1 is 1.22 bits per heavy atom. The van der Waals surface area contributed by atoms with Crippen LogP contribution in [-0.4, -0.2) is 0 Å². The molecule has 0 radical (unpaired) electrons. The number of benzene rings is 1. The van der Waals surface area contributed by atoms with Crippen molar-refractivity contribution in [3.05, 3.63) is 66.0 Å². The molecule has 1 heteroatoms. The average Bonchev–Trinajstić information content (AvgIpc) is 2.38. The summed E-state index contributed by atoms with van der Waals surface area (Å²) in [6.07, 6.45) is 8.20. The third kappa shape index (κ3) is 5.05. The van der Waals surface area contributed by atoms with Gasteiger partial charge in [0.1, 0.15) is 11.5 Å². The van der Waals surface area contributed by atoms with Crippen LogP contribution in [0.25, 0.3) is 0 Å². The Balaban J connectivity index is 2.57. The second kappa shape index (κ2) is 7.54. The molecular formula is C17H22O. The molecule has 0 bridgehead atoms. The fraction of sp³-hybridized carbons (Fsp3) is 0.294. The third-order valence-corrected chi connectivity index (χ3v) is 2.70. The SMILES string of the molecule is C=C(/C=C\C(C)=C/C)Oc1ccc(CCC)cc1. The molecule has 0 saturated heterocycles. The third-order valence-electron chi connectivity index (χ3n) is 2.70. The summed E-state index contributed by atoms with van der Waals surface area (Å²) in [6, 6.07) is 8.19. The molecule has 1 rings (SSSR count). The summed E-state index contributed by atoms with van der Waals surface area (Å²) in [7, 11) is 0. The van der Waals surface area contributed by atoms with Gasteiger partial charge in [0.25, 0.3) is 0 Å². The van der Waals surface area contributed by atoms with E-state index in [-0.39, 0.29) is 0 Å². The molecule has 1 aromatic rings. The molecule has 0 amide bonds. The Kier molecular flexibility index (Phi) is 5.99. The topological polar surface area (TPSA) is 9.23 Å². The molecule has 0 unspecified atom stereocenters. The van der Waals surface area contributed by atoms with Gasteiger partial charge in [-0.2, -0.15) is 0 Å². The van der Waals surface area contributed by atoms with E-state index in [9.17, 15) is 0 Å². The zero-order valence-corrected chi connectivity index (χ0v) is 11.6. The van der Waals surface area contributed by atoms with Gasteiger partial charge in [-0.05, 0) is 44.0 Å². The normalized spacial score (nSPS) is 11.8. The van der Waals surface area contributed by atoms with Crippen LogP contribution in [0.15, 0.2) is 60.4 Å². The van der Waals surface area contributed by atoms with Crippen LogP contribution in [0.3, 0.4) is 0 Å². The minimum Gasteiger partial charge on any atom is -0.458 e. The lowest BCUT2D eigenvalue weighted by molar-refractivity contribution is 0.446. The molecule has 0 spiro atoms. The van der Waals surface area contributed by atoms with Crippen LogP contribution in [-0.2, 0) is 6.42 Å². The van der Waals surface area contributed by atoms with E-state index in [1.54, 1.807) is 0 Å². The molecule has 18 heavy (non-hydrogen) atoms. The highest BCUT2D eigenvalue weighted by Crippen LogP contribution is 2.16. The van der Waals surface area contributed by atoms with Gasteiger partial charge in [-0.25, -0.2) is 0 Å². The predicted molar refractivity (Wildman–Crippen MR) is 78.8 cm³/mol. The van der Waals surface area contributed by atoms with Crippen molar-refractivity contribution < 1.29 is 4.74 Å². The van der Waals surface area contributed by atoms with Crippen LogP contribution >= 0.6 is 0 Å². The highest BCUT2D eigenvalue weighted by molar-refractivity contribution is 5.31. The number of aryl methyl sites for hydroxylation is 1. The molecule has 0 aliphatic carbocycles. The van der Waals surface area contributed by atoms with Crippen molar-refractivity contribution in [1.29, 1.82) is 0 Å². The Bertz CT molecular complexity index is 435. The number of allylic oxidation sites excluding steroid dienone is 4. The van der Waals surface area contributed by atoms with Gasteiger partial charge < -0.3 is 4.74 Å². The van der Waals surface area contributed by atoms with E-state index in [1.165, 1.54) is 11.1 Å². The second-order valence-corrected chi connectivity index (χ2v) is 4.33. The first-order valence-electron chi connectivity index (χ1n) is 6.42. The van der Waals surface area contributed by atoms with E-state index in [0.717, 1.165) is 18.6 Å². The van der Waals surface area contributed by atoms with Crippen LogP contribution in [0.1, 0.15) is 32.8 Å². The van der Waals surface area contributed by atoms with E-state index in [4.69, 9.17) is 4.74 Å². The van der Waals surface area contributed by atoms with Crippen molar-refractivity contribution >= 4 is 0 Å². The van der Waals surface area contributed by atoms with Crippen molar-refractivity contribution in [2.24, 2.45) is 0 Å². The van der Waals surface area contributed by atoms with Crippen molar-refractivity contribution in [2.75, 3.05) is 0 Å². The molecule has 0 atom stereocenters. The molecule has 0 aliphatic rings. The van der Waals surface area contributed by atoms with Crippen LogP contribution < -0.4 is 4.74 Å². The first kappa shape index (κ1) is 14.3. The predicted octanol–water partition coefficient (Wildman–Crippen LogP) is 5.05. The van der Waals surface area contributed by atoms with Crippen molar-refractivity contribution in [3.8, 4) is 5.75 Å². The lowest BCUT2D eigenvalue weighted by Gasteiger charge is -2.06. The minimum atomic E-state index is 0.652. The van der Waals surface area contributed by atoms with Gasteiger partial charge in [0.15, 0.2) is 0 Å². The maximum Gasteiger partial charge on any atom is 0.127 e. The lowest BCUT2D eigenvalue weighted by Crippen LogP contribution is -1.91. The summed E-state index contributed by atoms with van der Waals surface area (Å²) in [4.78, 5) is 0. The van der Waals surface area contributed by atoms with Gasteiger partial charge in [-0.3, -0.25) is 0 Å². The Morgan fingerprint density at radius 3 is 2.44 bits per heavy atom. The number of hydrogen-bond acceptors (Lipinski definition) is 1. The van der Waals surface area contributed by atoms with Gasteiger partial charge in [0.2, 0.25) is 0 Å². The van der Waals surface area contributed by atoms with E-state index < -0.39 is 0 Å². The van der Waals surface area contributed by atoms with Crippen LogP contribution in [0.4, 0.5) is 0 Å². The summed E-state index contributed by atoms with van der Waals surface area (Å²) in [5.74, 6) is 1.49. The molecule has 1 aromatic carbocycles. The standard InChI is InChI=1S/C17H22O/c1-5-7-16-10-12-17(13-11-16)18-15(4)9-8-14(3)6-2/h6,8-13H,4-5,7H2,1-3H3/b9-8-,14-6-. The number of rotatable bonds is 6. The first-order valence-corrected chi connectivity index (χ1v) is 6.42. The van der Waals surface area contributed by atoms with Gasteiger partial charge in [0.05, 0.1) is 0 Å². The Morgan fingerprint density at radius 2 is 1.89 bits per heavy atom. The van der Waals surface area contributed by atoms with Crippen LogP contribution in [0.2, 0.25) is 0 Å². The summed E-state index contributed by atoms with van der Waals surface area (Å²) >= 11 is 0. The van der Waals surface area contributed by atoms with Crippen molar-refractivity contribution in [2.45, 2.75) is 33.6 Å². The van der Waals surface area contributed by atoms with Gasteiger partial charge in [-0.1, -0.05) is 49.8 Å². The fourth-order valence-corrected chi connectivity index (χ4v) is 1.52. The average molecular weight is 242 g/mol. The van der Waals surface area contributed by atoms with E-state index in [2.05, 4.69) is 25.6 Å². The quantitative estimate of drug-likeness (QED) is 0.501. The van der Waals surface area contributed by atoms with E-state index >= 15 is 0 Å². The smallest absolute Gasteiger partial charge is 0.127 e. The fourth-order valence-electron chi connectivity index (χ4n) is 1.52. The highest BCUT2D eigenvalue weighted by atomic mass is 16.5.